The maximum atomic E-state index is 11.4. The van der Waals surface area contributed by atoms with Crippen molar-refractivity contribution in [3.8, 4) is 11.3 Å². The largest absolute Gasteiger partial charge is 0.465 e. The number of carboxylic acid groups (broad SMARTS) is 1. The Morgan fingerprint density at radius 2 is 1.78 bits per heavy atom. The molecule has 2 saturated heterocycles. The summed E-state index contributed by atoms with van der Waals surface area (Å²) in [5.41, 5.74) is 2.60. The second kappa shape index (κ2) is 8.42. The van der Waals surface area contributed by atoms with Gasteiger partial charge < -0.3 is 24.5 Å². The number of nitrogens with zero attached hydrogens (tertiary/aromatic N) is 7. The molecule has 32 heavy (non-hydrogen) atoms. The van der Waals surface area contributed by atoms with E-state index >= 15 is 0 Å². The molecule has 5 heterocycles. The number of morpholine rings is 1. The van der Waals surface area contributed by atoms with Gasteiger partial charge in [-0.05, 0) is 12.1 Å². The molecule has 0 aliphatic carbocycles. The van der Waals surface area contributed by atoms with Crippen LogP contribution in [0.5, 0.6) is 0 Å². The van der Waals surface area contributed by atoms with Gasteiger partial charge in [-0.3, -0.25) is 9.20 Å². The third-order valence-corrected chi connectivity index (χ3v) is 5.84. The summed E-state index contributed by atoms with van der Waals surface area (Å²) in [4.78, 5) is 41.8. The van der Waals surface area contributed by atoms with Crippen molar-refractivity contribution in [1.29, 1.82) is 0 Å². The highest BCUT2D eigenvalue weighted by molar-refractivity contribution is 5.78. The number of rotatable bonds is 4. The summed E-state index contributed by atoms with van der Waals surface area (Å²) >= 11 is 0. The van der Waals surface area contributed by atoms with Gasteiger partial charge in [-0.15, -0.1) is 0 Å². The van der Waals surface area contributed by atoms with Crippen molar-refractivity contribution in [1.82, 2.24) is 24.3 Å². The zero-order valence-corrected chi connectivity index (χ0v) is 17.4. The number of aldehydes is 1. The number of carbonyl (C=O) groups is 2. The van der Waals surface area contributed by atoms with Crippen molar-refractivity contribution >= 4 is 29.7 Å². The number of ether oxygens (including phenoxy) is 1. The van der Waals surface area contributed by atoms with Crippen LogP contribution in [0.1, 0.15) is 10.5 Å². The fourth-order valence-corrected chi connectivity index (χ4v) is 4.10. The number of imidazole rings is 1. The lowest BCUT2D eigenvalue weighted by molar-refractivity contribution is 0.111. The third-order valence-electron chi connectivity index (χ3n) is 5.84. The molecule has 0 aromatic carbocycles. The molecular weight excluding hydrogens is 414 g/mol. The number of piperazine rings is 1. The summed E-state index contributed by atoms with van der Waals surface area (Å²) in [5, 5.41) is 9.11. The fraction of sp³-hybridized carbons (Fsp3) is 0.381. The minimum Gasteiger partial charge on any atom is -0.465 e. The standard InChI is InChI=1S/C21H23N7O4/c29-14-16-13-28-17(12-23-19(20(28)24-16)26-7-9-32-10-8-26)15-1-2-18(22-11-15)25-3-5-27(6-4-25)21(30)31/h1-2,11-14H,3-10H2,(H,30,31). The molecule has 11 heteroatoms. The van der Waals surface area contributed by atoms with E-state index in [4.69, 9.17) is 9.84 Å². The van der Waals surface area contributed by atoms with Gasteiger partial charge in [0.15, 0.2) is 17.8 Å². The normalized spacial score (nSPS) is 17.1. The molecule has 11 nitrogen and oxygen atoms in total. The molecule has 0 unspecified atom stereocenters. The van der Waals surface area contributed by atoms with Crippen LogP contribution in [-0.4, -0.2) is 94.2 Å². The predicted octanol–water partition coefficient (Wildman–Crippen LogP) is 1.24. The first-order chi connectivity index (χ1) is 15.6. The van der Waals surface area contributed by atoms with E-state index in [0.717, 1.165) is 42.3 Å². The quantitative estimate of drug-likeness (QED) is 0.602. The zero-order valence-electron chi connectivity index (χ0n) is 17.4. The summed E-state index contributed by atoms with van der Waals surface area (Å²) in [6.45, 7) is 4.80. The number of hydrogen-bond donors (Lipinski definition) is 1. The molecule has 0 radical (unpaired) electrons. The van der Waals surface area contributed by atoms with Crippen molar-refractivity contribution in [2.75, 3.05) is 62.3 Å². The lowest BCUT2D eigenvalue weighted by atomic mass is 10.2. The molecule has 1 N–H and O–H groups in total. The van der Waals surface area contributed by atoms with Crippen molar-refractivity contribution in [3.05, 3.63) is 36.4 Å². The van der Waals surface area contributed by atoms with Gasteiger partial charge in [0.25, 0.3) is 0 Å². The Morgan fingerprint density at radius 1 is 1.00 bits per heavy atom. The molecule has 3 aromatic rings. The van der Waals surface area contributed by atoms with Crippen LogP contribution in [0.3, 0.4) is 0 Å². The number of anilines is 2. The summed E-state index contributed by atoms with van der Waals surface area (Å²) in [5.74, 6) is 1.53. The lowest BCUT2D eigenvalue weighted by Gasteiger charge is -2.33. The summed E-state index contributed by atoms with van der Waals surface area (Å²) < 4.78 is 7.31. The van der Waals surface area contributed by atoms with Crippen LogP contribution in [0, 0.1) is 0 Å². The summed E-state index contributed by atoms with van der Waals surface area (Å²) in [7, 11) is 0. The van der Waals surface area contributed by atoms with Gasteiger partial charge in [0.2, 0.25) is 0 Å². The highest BCUT2D eigenvalue weighted by Crippen LogP contribution is 2.27. The maximum absolute atomic E-state index is 11.4. The Morgan fingerprint density at radius 3 is 2.44 bits per heavy atom. The molecule has 0 atom stereocenters. The average Bonchev–Trinajstić information content (AvgIpc) is 3.29. The van der Waals surface area contributed by atoms with Gasteiger partial charge in [-0.1, -0.05) is 0 Å². The number of carbonyl (C=O) groups excluding carboxylic acids is 1. The van der Waals surface area contributed by atoms with Crippen molar-refractivity contribution in [2.24, 2.45) is 0 Å². The SMILES string of the molecule is O=Cc1cn2c(-c3ccc(N4CCN(C(=O)O)CC4)nc3)cnc(N3CCOCC3)c2n1. The molecule has 5 rings (SSSR count). The minimum absolute atomic E-state index is 0.342. The van der Waals surface area contributed by atoms with E-state index in [9.17, 15) is 9.59 Å². The first-order valence-corrected chi connectivity index (χ1v) is 10.5. The van der Waals surface area contributed by atoms with Crippen LogP contribution in [0.15, 0.2) is 30.7 Å². The molecule has 0 spiro atoms. The zero-order chi connectivity index (χ0) is 22.1. The first-order valence-electron chi connectivity index (χ1n) is 10.5. The van der Waals surface area contributed by atoms with Crippen LogP contribution in [0.25, 0.3) is 16.9 Å². The fourth-order valence-electron chi connectivity index (χ4n) is 4.10. The number of amides is 1. The van der Waals surface area contributed by atoms with E-state index in [1.54, 1.807) is 18.6 Å². The van der Waals surface area contributed by atoms with E-state index in [-0.39, 0.29) is 0 Å². The topological polar surface area (TPSA) is 116 Å². The smallest absolute Gasteiger partial charge is 0.407 e. The van der Waals surface area contributed by atoms with Crippen molar-refractivity contribution in [3.63, 3.8) is 0 Å². The van der Waals surface area contributed by atoms with E-state index in [1.165, 1.54) is 4.90 Å². The van der Waals surface area contributed by atoms with Gasteiger partial charge in [-0.25, -0.2) is 19.7 Å². The average molecular weight is 437 g/mol. The lowest BCUT2D eigenvalue weighted by Crippen LogP contribution is -2.48. The highest BCUT2D eigenvalue weighted by atomic mass is 16.5. The second-order valence-corrected chi connectivity index (χ2v) is 7.71. The number of aromatic nitrogens is 4. The summed E-state index contributed by atoms with van der Waals surface area (Å²) in [6.07, 6.45) is 5.10. The van der Waals surface area contributed by atoms with Gasteiger partial charge in [0.1, 0.15) is 11.5 Å². The van der Waals surface area contributed by atoms with Gasteiger partial charge in [0.05, 0.1) is 25.1 Å². The highest BCUT2D eigenvalue weighted by Gasteiger charge is 2.22. The predicted molar refractivity (Wildman–Crippen MR) is 116 cm³/mol. The number of fused-ring (bicyclic) bond motifs is 1. The van der Waals surface area contributed by atoms with E-state index in [0.29, 0.717) is 50.7 Å². The van der Waals surface area contributed by atoms with Gasteiger partial charge >= 0.3 is 6.09 Å². The van der Waals surface area contributed by atoms with Crippen molar-refractivity contribution in [2.45, 2.75) is 0 Å². The minimum atomic E-state index is -0.889. The molecule has 2 aliphatic rings. The number of pyridine rings is 1. The van der Waals surface area contributed by atoms with Crippen LogP contribution >= 0.6 is 0 Å². The first kappa shape index (κ1) is 20.2. The Labute approximate surface area is 183 Å². The van der Waals surface area contributed by atoms with E-state index in [2.05, 4.69) is 24.8 Å². The monoisotopic (exact) mass is 437 g/mol. The second-order valence-electron chi connectivity index (χ2n) is 7.71. The number of hydrogen-bond acceptors (Lipinski definition) is 8. The molecule has 2 aliphatic heterocycles. The summed E-state index contributed by atoms with van der Waals surface area (Å²) in [6, 6.07) is 3.88. The van der Waals surface area contributed by atoms with E-state index in [1.807, 2.05) is 16.5 Å². The van der Waals surface area contributed by atoms with Crippen LogP contribution < -0.4 is 9.80 Å². The molecular formula is C21H23N7O4. The van der Waals surface area contributed by atoms with E-state index < -0.39 is 6.09 Å². The Balaban J connectivity index is 1.44. The molecule has 0 bridgehead atoms. The molecule has 1 amide bonds. The molecule has 0 saturated carbocycles. The van der Waals surface area contributed by atoms with Crippen LogP contribution in [0.4, 0.5) is 16.4 Å². The molecule has 166 valence electrons. The van der Waals surface area contributed by atoms with Crippen LogP contribution in [0.2, 0.25) is 0 Å². The van der Waals surface area contributed by atoms with Gasteiger partial charge in [-0.2, -0.15) is 0 Å². The molecule has 3 aromatic heterocycles. The van der Waals surface area contributed by atoms with Gasteiger partial charge in [0, 0.05) is 57.2 Å². The molecule has 2 fully saturated rings. The van der Waals surface area contributed by atoms with Crippen molar-refractivity contribution < 1.29 is 19.4 Å². The maximum Gasteiger partial charge on any atom is 0.407 e. The Kier molecular flexibility index (Phi) is 5.31. The Bertz CT molecular complexity index is 1130. The Hall–Kier alpha value is -3.73. The third kappa shape index (κ3) is 3.71. The van der Waals surface area contributed by atoms with Crippen LogP contribution in [-0.2, 0) is 4.74 Å².